The molecule has 0 saturated heterocycles. The molecule has 81 heavy (non-hydrogen) atoms. The molecule has 0 unspecified atom stereocenters. The van der Waals surface area contributed by atoms with Gasteiger partial charge in [-0.2, -0.15) is 0 Å². The van der Waals surface area contributed by atoms with Gasteiger partial charge < -0.3 is 21.3 Å². The minimum atomic E-state index is -3.90. The summed E-state index contributed by atoms with van der Waals surface area (Å²) in [6.07, 6.45) is 0. The highest BCUT2D eigenvalue weighted by Gasteiger charge is 2.52. The van der Waals surface area contributed by atoms with Gasteiger partial charge in [-0.1, -0.05) is 265 Å². The van der Waals surface area contributed by atoms with Crippen LogP contribution in [0.2, 0.25) is 0 Å². The molecule has 4 aliphatic heterocycles. The molecule has 4 nitrogen and oxygen atoms in total. The van der Waals surface area contributed by atoms with E-state index in [4.69, 9.17) is 0 Å². The molecule has 0 aliphatic carbocycles. The van der Waals surface area contributed by atoms with Crippen LogP contribution in [-0.2, 0) is 0 Å². The van der Waals surface area contributed by atoms with Gasteiger partial charge in [-0.05, 0) is 114 Å². The number of hydrogen-bond donors (Lipinski definition) is 4. The van der Waals surface area contributed by atoms with E-state index in [2.05, 4.69) is 288 Å². The van der Waals surface area contributed by atoms with Gasteiger partial charge in [-0.3, -0.25) is 0 Å². The summed E-state index contributed by atoms with van der Waals surface area (Å²) in [6, 6.07) is 98.9. The van der Waals surface area contributed by atoms with Gasteiger partial charge in [0, 0.05) is 39.2 Å². The van der Waals surface area contributed by atoms with Crippen LogP contribution < -0.4 is 42.0 Å². The van der Waals surface area contributed by atoms with E-state index in [9.17, 15) is 0 Å². The lowest BCUT2D eigenvalue weighted by Gasteiger charge is -2.43. The first-order valence-corrected chi connectivity index (χ1v) is 32.5. The van der Waals surface area contributed by atoms with Crippen molar-refractivity contribution in [3.05, 3.63) is 267 Å². The normalized spacial score (nSPS) is 13.1. The second kappa shape index (κ2) is 19.9. The Bertz CT molecular complexity index is 3900. The molecule has 12 aromatic carbocycles. The number of hydrogen-bond acceptors (Lipinski definition) is 8. The molecule has 16 rings (SSSR count). The monoisotopic (exact) mass is 1120 g/mol. The van der Waals surface area contributed by atoms with Gasteiger partial charge in [0.25, 0.3) is 0 Å². The van der Waals surface area contributed by atoms with E-state index in [0.29, 0.717) is 0 Å². The van der Waals surface area contributed by atoms with Gasteiger partial charge in [-0.15, -0.1) is 0 Å². The van der Waals surface area contributed by atoms with E-state index in [1.54, 1.807) is 0 Å². The summed E-state index contributed by atoms with van der Waals surface area (Å²) in [7, 11) is -3.90. The lowest BCUT2D eigenvalue weighted by atomic mass is 10.0. The predicted molar refractivity (Wildman–Crippen MR) is 347 cm³/mol. The topological polar surface area (TPSA) is 48.1 Å². The summed E-state index contributed by atoms with van der Waals surface area (Å²) in [5.74, 6) is 0. The molecule has 0 amide bonds. The van der Waals surface area contributed by atoms with Crippen LogP contribution in [0.5, 0.6) is 0 Å². The second-order valence-electron chi connectivity index (χ2n) is 20.6. The fraction of sp³-hybridized carbons (Fsp3) is 0. The summed E-state index contributed by atoms with van der Waals surface area (Å²) in [4.78, 5) is 9.63. The maximum Gasteiger partial charge on any atom is 0.188 e. The third-order valence-corrected chi connectivity index (χ3v) is 25.7. The van der Waals surface area contributed by atoms with E-state index in [-0.39, 0.29) is 0 Å². The average molecular weight is 1130 g/mol. The molecule has 12 aromatic rings. The zero-order chi connectivity index (χ0) is 53.4. The van der Waals surface area contributed by atoms with Gasteiger partial charge in [0.2, 0.25) is 0 Å². The smallest absolute Gasteiger partial charge is 0.188 e. The molecular weight excluding hydrogens is 1080 g/mol. The van der Waals surface area contributed by atoms with E-state index < -0.39 is 8.07 Å². The van der Waals surface area contributed by atoms with Gasteiger partial charge in [0.05, 0.1) is 45.5 Å². The van der Waals surface area contributed by atoms with Crippen LogP contribution in [0.1, 0.15) is 0 Å². The van der Waals surface area contributed by atoms with Crippen molar-refractivity contribution in [2.24, 2.45) is 0 Å². The van der Waals surface area contributed by atoms with E-state index >= 15 is 0 Å². The number of rotatable bonds is 8. The van der Waals surface area contributed by atoms with Crippen molar-refractivity contribution in [2.45, 2.75) is 39.2 Å². The molecule has 0 saturated carbocycles. The molecule has 4 aliphatic rings. The lowest BCUT2D eigenvalue weighted by Crippen LogP contribution is -2.76. The fourth-order valence-corrected chi connectivity index (χ4v) is 22.7. The molecule has 0 atom stereocenters. The minimum Gasteiger partial charge on any atom is -0.354 e. The summed E-state index contributed by atoms with van der Waals surface area (Å²) < 4.78 is 0. The van der Waals surface area contributed by atoms with Crippen molar-refractivity contribution in [3.8, 4) is 44.5 Å². The van der Waals surface area contributed by atoms with Crippen LogP contribution in [-0.4, -0.2) is 8.07 Å². The molecule has 4 N–H and O–H groups in total. The van der Waals surface area contributed by atoms with Crippen molar-refractivity contribution < 1.29 is 0 Å². The summed E-state index contributed by atoms with van der Waals surface area (Å²) in [5, 5.41) is 22.1. The summed E-state index contributed by atoms with van der Waals surface area (Å²) >= 11 is 7.51. The Kier molecular flexibility index (Phi) is 11.9. The van der Waals surface area contributed by atoms with Crippen molar-refractivity contribution >= 4 is 121 Å². The van der Waals surface area contributed by atoms with Gasteiger partial charge in [0.1, 0.15) is 0 Å². The van der Waals surface area contributed by atoms with E-state index in [1.807, 2.05) is 47.0 Å². The highest BCUT2D eigenvalue weighted by atomic mass is 32.2. The number of benzene rings is 12. The Morgan fingerprint density at radius 3 is 0.654 bits per heavy atom. The van der Waals surface area contributed by atoms with Crippen molar-refractivity contribution in [2.75, 3.05) is 21.3 Å². The highest BCUT2D eigenvalue weighted by molar-refractivity contribution is 8.00. The fourth-order valence-electron chi connectivity index (χ4n) is 12.4. The maximum absolute atomic E-state index is 4.27. The summed E-state index contributed by atoms with van der Waals surface area (Å²) in [6.45, 7) is 0. The SMILES string of the molecule is c1ccc(-c2ccc([Si](c3ccc(-c4ccccc4)c4c3Nc3ccccc3S4)(c3ccc(-c4ccccc4)c4c3Nc3ccccc3S4)c3ccc(-c4ccccc4)c4c3Nc3ccccc3S4)c3c2Sc2ccccc2N3)cc1. The second-order valence-corrected chi connectivity index (χ2v) is 28.4. The number of anilines is 8. The first kappa shape index (κ1) is 48.4. The minimum absolute atomic E-state index is 1.10. The third kappa shape index (κ3) is 8.01. The van der Waals surface area contributed by atoms with Crippen molar-refractivity contribution in [1.82, 2.24) is 0 Å². The Labute approximate surface area is 489 Å². The van der Waals surface area contributed by atoms with Crippen molar-refractivity contribution in [3.63, 3.8) is 0 Å². The largest absolute Gasteiger partial charge is 0.354 e. The first-order valence-electron chi connectivity index (χ1n) is 27.2. The highest BCUT2D eigenvalue weighted by Crippen LogP contribution is 2.55. The molecule has 9 heteroatoms. The quantitative estimate of drug-likeness (QED) is 0.0887. The van der Waals surface area contributed by atoms with Gasteiger partial charge >= 0.3 is 0 Å². The van der Waals surface area contributed by atoms with Crippen LogP contribution in [0.25, 0.3) is 44.5 Å². The number of nitrogens with one attached hydrogen (secondary N) is 4. The van der Waals surface area contributed by atoms with Crippen LogP contribution in [0, 0.1) is 0 Å². The van der Waals surface area contributed by atoms with E-state index in [1.165, 1.54) is 104 Å². The summed E-state index contributed by atoms with van der Waals surface area (Å²) in [5.41, 5.74) is 18.4. The number of fused-ring (bicyclic) bond motifs is 8. The molecular formula is C72H48N4S4Si. The lowest BCUT2D eigenvalue weighted by molar-refractivity contribution is 1.31. The van der Waals surface area contributed by atoms with Crippen LogP contribution in [0.3, 0.4) is 0 Å². The Morgan fingerprint density at radius 2 is 0.420 bits per heavy atom. The Balaban J connectivity index is 1.12. The molecule has 0 radical (unpaired) electrons. The van der Waals surface area contributed by atoms with Crippen LogP contribution in [0.4, 0.5) is 45.5 Å². The van der Waals surface area contributed by atoms with Crippen molar-refractivity contribution in [1.29, 1.82) is 0 Å². The molecule has 0 spiro atoms. The zero-order valence-corrected chi connectivity index (χ0v) is 47.8. The van der Waals surface area contributed by atoms with Crippen LogP contribution in [0.15, 0.2) is 306 Å². The molecule has 0 aromatic heterocycles. The standard InChI is InChI=1S/C72H48N4S4Si/c1-5-21-45(22-6-1)49-37-41-61(65-69(49)77-57-33-17-13-29-53(57)73-65)81(62-42-38-50(46-23-7-2-8-24-46)70-66(62)74-54-30-14-18-34-58(54)78-70,63-43-39-51(47-25-9-3-10-26-47)71-67(63)75-55-31-15-19-35-59(55)79-71)64-44-40-52(48-27-11-4-12-28-48)72-68(64)76-56-32-16-20-36-60(56)80-72/h1-44,73-76H. The number of para-hydroxylation sites is 4. The van der Waals surface area contributed by atoms with E-state index in [0.717, 1.165) is 45.5 Å². The Morgan fingerprint density at radius 1 is 0.210 bits per heavy atom. The Hall–Kier alpha value is -8.54. The molecule has 4 heterocycles. The maximum atomic E-state index is 4.27. The predicted octanol–water partition coefficient (Wildman–Crippen LogP) is 18.6. The molecule has 0 bridgehead atoms. The first-order chi connectivity index (χ1) is 40.2. The third-order valence-electron chi connectivity index (χ3n) is 16.0. The van der Waals surface area contributed by atoms with Gasteiger partial charge in [-0.25, -0.2) is 0 Å². The average Bonchev–Trinajstić information content (AvgIpc) is 3.72. The molecule has 384 valence electrons. The van der Waals surface area contributed by atoms with Crippen LogP contribution >= 0.6 is 47.0 Å². The molecule has 0 fully saturated rings. The van der Waals surface area contributed by atoms with Gasteiger partial charge in [0.15, 0.2) is 8.07 Å². The zero-order valence-electron chi connectivity index (χ0n) is 43.5.